The summed E-state index contributed by atoms with van der Waals surface area (Å²) >= 11 is 7.71. The van der Waals surface area contributed by atoms with Crippen LogP contribution in [-0.4, -0.2) is 62.2 Å². The SMILES string of the molecule is COc1ccc2nccc(NC(=O)O)c2n1.O=C1CSc2cc(Cl)c(CN[C@@H]3CCCC[C@H]3O)nc2N1. The third-order valence-electron chi connectivity index (χ3n) is 5.90. The summed E-state index contributed by atoms with van der Waals surface area (Å²) in [7, 11) is 1.49. The van der Waals surface area contributed by atoms with Crippen molar-refractivity contribution in [3.8, 4) is 5.88 Å². The Kier molecular flexibility index (Phi) is 8.98. The molecule has 0 spiro atoms. The number of rotatable bonds is 5. The maximum atomic E-state index is 11.4. The van der Waals surface area contributed by atoms with Crippen LogP contribution in [0.5, 0.6) is 5.88 Å². The molecule has 0 bridgehead atoms. The number of aromatic nitrogens is 3. The number of carboxylic acid groups (broad SMARTS) is 1. The number of aliphatic hydroxyl groups is 1. The van der Waals surface area contributed by atoms with Crippen LogP contribution in [-0.2, 0) is 11.3 Å². The Morgan fingerprint density at radius 1 is 1.27 bits per heavy atom. The Morgan fingerprint density at radius 2 is 2.08 bits per heavy atom. The number of fused-ring (bicyclic) bond motifs is 2. The van der Waals surface area contributed by atoms with Crippen LogP contribution in [0.4, 0.5) is 16.3 Å². The fraction of sp³-hybridized carbons (Fsp3) is 0.375. The number of carbonyl (C=O) groups excluding carboxylic acids is 1. The molecule has 3 aromatic rings. The van der Waals surface area contributed by atoms with Crippen LogP contribution >= 0.6 is 23.4 Å². The van der Waals surface area contributed by atoms with Crippen molar-refractivity contribution in [3.63, 3.8) is 0 Å². The van der Waals surface area contributed by atoms with Gasteiger partial charge in [0.25, 0.3) is 0 Å². The quantitative estimate of drug-likeness (QED) is 0.317. The molecule has 5 rings (SSSR count). The van der Waals surface area contributed by atoms with Crippen LogP contribution in [0.15, 0.2) is 35.4 Å². The lowest BCUT2D eigenvalue weighted by Gasteiger charge is -2.28. The molecule has 2 amide bonds. The van der Waals surface area contributed by atoms with E-state index < -0.39 is 6.09 Å². The smallest absolute Gasteiger partial charge is 0.409 e. The molecule has 2 atom stereocenters. The Morgan fingerprint density at radius 3 is 2.84 bits per heavy atom. The van der Waals surface area contributed by atoms with Gasteiger partial charge in [-0.15, -0.1) is 11.8 Å². The molecular weight excluding hydrogens is 520 g/mol. The zero-order valence-electron chi connectivity index (χ0n) is 20.0. The van der Waals surface area contributed by atoms with Gasteiger partial charge in [-0.05, 0) is 31.0 Å². The molecule has 0 saturated heterocycles. The van der Waals surface area contributed by atoms with Crippen molar-refractivity contribution in [2.45, 2.75) is 49.3 Å². The van der Waals surface area contributed by atoms with Gasteiger partial charge in [0, 0.05) is 24.8 Å². The first-order valence-electron chi connectivity index (χ1n) is 11.7. The summed E-state index contributed by atoms with van der Waals surface area (Å²) in [6, 6.07) is 6.87. The minimum Gasteiger partial charge on any atom is -0.481 e. The number of carbonyl (C=O) groups is 2. The van der Waals surface area contributed by atoms with E-state index in [4.69, 9.17) is 21.4 Å². The number of aliphatic hydroxyl groups excluding tert-OH is 1. The number of amides is 2. The van der Waals surface area contributed by atoms with Gasteiger partial charge in [0.05, 0.1) is 45.8 Å². The number of methoxy groups -OCH3 is 1. The molecule has 0 radical (unpaired) electrons. The van der Waals surface area contributed by atoms with Gasteiger partial charge in [0.15, 0.2) is 0 Å². The molecule has 37 heavy (non-hydrogen) atoms. The maximum absolute atomic E-state index is 11.4. The number of anilines is 2. The largest absolute Gasteiger partial charge is 0.481 e. The standard InChI is InChI=1S/C14H18ClN3O2S.C10H9N3O3/c15-8-5-12-14(18-13(20)7-21-12)17-10(8)6-16-9-3-1-2-4-11(9)19;1-16-8-3-2-6-9(13-8)7(4-5-11-6)12-10(14)15/h5,9,11,16,19H,1-4,6-7H2,(H,17,18,20);2-5H,1H3,(H,11,12)(H,14,15)/t9-,11-;/m1./s1. The zero-order valence-corrected chi connectivity index (χ0v) is 21.6. The van der Waals surface area contributed by atoms with Gasteiger partial charge in [-0.2, -0.15) is 0 Å². The second kappa shape index (κ2) is 12.4. The maximum Gasteiger partial charge on any atom is 0.409 e. The summed E-state index contributed by atoms with van der Waals surface area (Å²) in [5.74, 6) is 1.36. The topological polar surface area (TPSA) is 159 Å². The van der Waals surface area contributed by atoms with Crippen molar-refractivity contribution >= 4 is 57.9 Å². The molecular formula is C24H27ClN6O5S. The van der Waals surface area contributed by atoms with Crippen molar-refractivity contribution in [2.24, 2.45) is 0 Å². The third kappa shape index (κ3) is 6.98. The van der Waals surface area contributed by atoms with E-state index in [1.807, 2.05) is 6.07 Å². The van der Waals surface area contributed by atoms with Crippen molar-refractivity contribution in [1.29, 1.82) is 0 Å². The number of nitrogens with zero attached hydrogens (tertiary/aromatic N) is 3. The van der Waals surface area contributed by atoms with E-state index in [1.54, 1.807) is 18.2 Å². The second-order valence-electron chi connectivity index (χ2n) is 8.45. The summed E-state index contributed by atoms with van der Waals surface area (Å²) < 4.78 is 4.97. The van der Waals surface area contributed by atoms with E-state index in [1.165, 1.54) is 25.1 Å². The van der Waals surface area contributed by atoms with E-state index >= 15 is 0 Å². The van der Waals surface area contributed by atoms with Gasteiger partial charge < -0.3 is 25.6 Å². The number of pyridine rings is 3. The summed E-state index contributed by atoms with van der Waals surface area (Å²) in [5, 5.41) is 27.6. The predicted molar refractivity (Wildman–Crippen MR) is 141 cm³/mol. The van der Waals surface area contributed by atoms with Crippen LogP contribution < -0.4 is 20.7 Å². The number of thioether (sulfide) groups is 1. The van der Waals surface area contributed by atoms with E-state index in [2.05, 4.69) is 30.9 Å². The summed E-state index contributed by atoms with van der Waals surface area (Å²) in [6.07, 6.45) is 4.10. The van der Waals surface area contributed by atoms with E-state index in [0.29, 0.717) is 51.4 Å². The molecule has 0 unspecified atom stereocenters. The number of hydrogen-bond donors (Lipinski definition) is 5. The van der Waals surface area contributed by atoms with Crippen molar-refractivity contribution in [2.75, 3.05) is 23.5 Å². The normalized spacial score (nSPS) is 18.7. The zero-order chi connectivity index (χ0) is 26.4. The fourth-order valence-electron chi connectivity index (χ4n) is 4.06. The highest BCUT2D eigenvalue weighted by atomic mass is 35.5. The molecule has 4 heterocycles. The van der Waals surface area contributed by atoms with Crippen LogP contribution in [0.3, 0.4) is 0 Å². The van der Waals surface area contributed by atoms with Crippen molar-refractivity contribution in [1.82, 2.24) is 20.3 Å². The first-order valence-corrected chi connectivity index (χ1v) is 13.0. The number of halogens is 1. The lowest BCUT2D eigenvalue weighted by Crippen LogP contribution is -2.41. The predicted octanol–water partition coefficient (Wildman–Crippen LogP) is 3.90. The summed E-state index contributed by atoms with van der Waals surface area (Å²) in [4.78, 5) is 35.6. The van der Waals surface area contributed by atoms with Gasteiger partial charge in [-0.1, -0.05) is 24.4 Å². The average Bonchev–Trinajstić information content (AvgIpc) is 2.88. The molecule has 2 aliphatic rings. The molecule has 1 aliphatic carbocycles. The third-order valence-corrected chi connectivity index (χ3v) is 7.26. The minimum absolute atomic E-state index is 0.0380. The lowest BCUT2D eigenvalue weighted by molar-refractivity contribution is -0.113. The van der Waals surface area contributed by atoms with Crippen molar-refractivity contribution < 1.29 is 24.5 Å². The Hall–Kier alpha value is -3.19. The average molecular weight is 547 g/mol. The van der Waals surface area contributed by atoms with E-state index in [-0.39, 0.29) is 18.1 Å². The first kappa shape index (κ1) is 26.9. The minimum atomic E-state index is -1.14. The van der Waals surface area contributed by atoms with Crippen LogP contribution in [0, 0.1) is 0 Å². The number of nitrogens with one attached hydrogen (secondary N) is 3. The molecule has 3 aromatic heterocycles. The van der Waals surface area contributed by atoms with Crippen LogP contribution in [0.1, 0.15) is 31.4 Å². The van der Waals surface area contributed by atoms with Gasteiger partial charge in [0.2, 0.25) is 11.8 Å². The Bertz CT molecular complexity index is 1300. The van der Waals surface area contributed by atoms with Crippen LogP contribution in [0.2, 0.25) is 5.02 Å². The summed E-state index contributed by atoms with van der Waals surface area (Å²) in [6.45, 7) is 0.494. The Labute approximate surface area is 222 Å². The summed E-state index contributed by atoms with van der Waals surface area (Å²) in [5.41, 5.74) is 2.16. The molecule has 1 aliphatic heterocycles. The van der Waals surface area contributed by atoms with Gasteiger partial charge in [0.1, 0.15) is 11.3 Å². The van der Waals surface area contributed by atoms with E-state index in [9.17, 15) is 14.7 Å². The van der Waals surface area contributed by atoms with Crippen LogP contribution in [0.25, 0.3) is 11.0 Å². The lowest BCUT2D eigenvalue weighted by atomic mass is 9.92. The molecule has 11 nitrogen and oxygen atoms in total. The van der Waals surface area contributed by atoms with Gasteiger partial charge in [-0.3, -0.25) is 15.1 Å². The fourth-order valence-corrected chi connectivity index (χ4v) is 5.14. The molecule has 5 N–H and O–H groups in total. The Balaban J connectivity index is 0.000000180. The highest BCUT2D eigenvalue weighted by Crippen LogP contribution is 2.33. The highest BCUT2D eigenvalue weighted by Gasteiger charge is 2.24. The number of ether oxygens (including phenoxy) is 1. The molecule has 13 heteroatoms. The van der Waals surface area contributed by atoms with Gasteiger partial charge >= 0.3 is 6.09 Å². The molecule has 196 valence electrons. The monoisotopic (exact) mass is 546 g/mol. The first-order chi connectivity index (χ1) is 17.8. The molecule has 1 fully saturated rings. The van der Waals surface area contributed by atoms with Crippen molar-refractivity contribution in [3.05, 3.63) is 41.2 Å². The highest BCUT2D eigenvalue weighted by molar-refractivity contribution is 8.00. The van der Waals surface area contributed by atoms with E-state index in [0.717, 1.165) is 30.6 Å². The molecule has 0 aromatic carbocycles. The second-order valence-corrected chi connectivity index (χ2v) is 9.87. The molecule has 1 saturated carbocycles. The number of hydrogen-bond acceptors (Lipinski definition) is 9. The van der Waals surface area contributed by atoms with Gasteiger partial charge in [-0.25, -0.2) is 14.8 Å².